The number of amides is 2. The van der Waals surface area contributed by atoms with Crippen LogP contribution >= 0.6 is 11.6 Å². The SMILES string of the molecule is COc1ccc(C2CC(=O)N(CC(=O)Nc3ccc(C)c(Cl)c3)c3ccccc3S2(=O)=O)cc1OC. The maximum atomic E-state index is 13.7. The van der Waals surface area contributed by atoms with Crippen LogP contribution in [0, 0.1) is 6.92 Å². The third kappa shape index (κ3) is 4.89. The number of halogens is 1. The summed E-state index contributed by atoms with van der Waals surface area (Å²) in [5.41, 5.74) is 1.87. The number of hydrogen-bond acceptors (Lipinski definition) is 6. The molecule has 0 saturated carbocycles. The van der Waals surface area contributed by atoms with E-state index in [1.165, 1.54) is 31.3 Å². The number of ether oxygens (including phenoxy) is 2. The standard InChI is InChI=1S/C26H25ClN2O6S/c1-16-8-10-18(13-19(16)27)28-25(30)15-29-20-6-4-5-7-23(20)36(32,33)24(14-26(29)31)17-9-11-21(34-2)22(12-17)35-3/h4-13,24H,14-15H2,1-3H3,(H,28,30). The number of anilines is 2. The molecule has 10 heteroatoms. The minimum Gasteiger partial charge on any atom is -0.493 e. The van der Waals surface area contributed by atoms with Crippen LogP contribution in [0.4, 0.5) is 11.4 Å². The summed E-state index contributed by atoms with van der Waals surface area (Å²) < 4.78 is 38.1. The van der Waals surface area contributed by atoms with Gasteiger partial charge in [-0.05, 0) is 54.4 Å². The van der Waals surface area contributed by atoms with Crippen molar-refractivity contribution in [3.05, 3.63) is 76.8 Å². The molecule has 1 aliphatic rings. The van der Waals surface area contributed by atoms with Crippen LogP contribution in [-0.2, 0) is 19.4 Å². The van der Waals surface area contributed by atoms with Gasteiger partial charge in [0.2, 0.25) is 11.8 Å². The van der Waals surface area contributed by atoms with Gasteiger partial charge in [-0.15, -0.1) is 0 Å². The summed E-state index contributed by atoms with van der Waals surface area (Å²) in [5.74, 6) is -0.197. The Bertz CT molecular complexity index is 1440. The van der Waals surface area contributed by atoms with Crippen molar-refractivity contribution in [3.8, 4) is 11.5 Å². The second-order valence-electron chi connectivity index (χ2n) is 8.31. The Balaban J connectivity index is 1.70. The van der Waals surface area contributed by atoms with Crippen LogP contribution in [0.15, 0.2) is 65.6 Å². The molecule has 1 aliphatic heterocycles. The van der Waals surface area contributed by atoms with Crippen molar-refractivity contribution in [2.75, 3.05) is 31.0 Å². The summed E-state index contributed by atoms with van der Waals surface area (Å²) >= 11 is 6.15. The fraction of sp³-hybridized carbons (Fsp3) is 0.231. The van der Waals surface area contributed by atoms with Gasteiger partial charge in [0.05, 0.1) is 30.1 Å². The van der Waals surface area contributed by atoms with Gasteiger partial charge in [0.15, 0.2) is 21.3 Å². The van der Waals surface area contributed by atoms with E-state index in [1.807, 2.05) is 6.92 Å². The van der Waals surface area contributed by atoms with Crippen molar-refractivity contribution in [1.29, 1.82) is 0 Å². The van der Waals surface area contributed by atoms with E-state index in [4.69, 9.17) is 21.1 Å². The van der Waals surface area contributed by atoms with Gasteiger partial charge in [-0.2, -0.15) is 0 Å². The zero-order valence-corrected chi connectivity index (χ0v) is 21.5. The number of carbonyl (C=O) groups is 2. The van der Waals surface area contributed by atoms with E-state index >= 15 is 0 Å². The van der Waals surface area contributed by atoms with Gasteiger partial charge in [0, 0.05) is 17.1 Å². The maximum absolute atomic E-state index is 13.7. The van der Waals surface area contributed by atoms with Crippen molar-refractivity contribution in [2.24, 2.45) is 0 Å². The number of hydrogen-bond donors (Lipinski definition) is 1. The Morgan fingerprint density at radius 1 is 1.06 bits per heavy atom. The van der Waals surface area contributed by atoms with Crippen molar-refractivity contribution >= 4 is 44.6 Å². The van der Waals surface area contributed by atoms with Crippen LogP contribution in [0.25, 0.3) is 0 Å². The van der Waals surface area contributed by atoms with E-state index in [0.717, 1.165) is 5.56 Å². The summed E-state index contributed by atoms with van der Waals surface area (Å²) in [6, 6.07) is 16.0. The molecule has 4 rings (SSSR count). The monoisotopic (exact) mass is 528 g/mol. The highest BCUT2D eigenvalue weighted by molar-refractivity contribution is 7.92. The lowest BCUT2D eigenvalue weighted by Gasteiger charge is -2.22. The van der Waals surface area contributed by atoms with Gasteiger partial charge in [0.25, 0.3) is 0 Å². The van der Waals surface area contributed by atoms with Crippen LogP contribution in [0.1, 0.15) is 22.8 Å². The molecule has 1 atom stereocenters. The number of benzene rings is 3. The number of rotatable bonds is 6. The summed E-state index contributed by atoms with van der Waals surface area (Å²) in [5, 5.41) is 2.05. The Morgan fingerprint density at radius 2 is 1.78 bits per heavy atom. The van der Waals surface area contributed by atoms with Crippen LogP contribution in [0.5, 0.6) is 11.5 Å². The van der Waals surface area contributed by atoms with Crippen LogP contribution < -0.4 is 19.7 Å². The molecule has 0 bridgehead atoms. The smallest absolute Gasteiger partial charge is 0.244 e. The zero-order valence-electron chi connectivity index (χ0n) is 19.9. The highest BCUT2D eigenvalue weighted by Crippen LogP contribution is 2.42. The van der Waals surface area contributed by atoms with Crippen LogP contribution in [-0.4, -0.2) is 41.0 Å². The van der Waals surface area contributed by atoms with Gasteiger partial charge >= 0.3 is 0 Å². The first-order chi connectivity index (χ1) is 17.1. The minimum atomic E-state index is -4.00. The lowest BCUT2D eigenvalue weighted by Crippen LogP contribution is -2.38. The number of carbonyl (C=O) groups excluding carboxylic acids is 2. The Kier molecular flexibility index (Phi) is 7.23. The molecular weight excluding hydrogens is 504 g/mol. The molecule has 8 nitrogen and oxygen atoms in total. The Hall–Kier alpha value is -3.56. The second kappa shape index (κ2) is 10.2. The van der Waals surface area contributed by atoms with Gasteiger partial charge in [-0.3, -0.25) is 9.59 Å². The van der Waals surface area contributed by atoms with E-state index in [2.05, 4.69) is 5.32 Å². The number of methoxy groups -OCH3 is 2. The first-order valence-electron chi connectivity index (χ1n) is 11.1. The predicted octanol–water partition coefficient (Wildman–Crippen LogP) is 4.56. The summed E-state index contributed by atoms with van der Waals surface area (Å²) in [6.07, 6.45) is -0.351. The Labute approximate surface area is 214 Å². The van der Waals surface area contributed by atoms with E-state index in [9.17, 15) is 18.0 Å². The second-order valence-corrected chi connectivity index (χ2v) is 10.8. The third-order valence-electron chi connectivity index (χ3n) is 6.03. The number of aryl methyl sites for hydroxylation is 1. The van der Waals surface area contributed by atoms with E-state index in [1.54, 1.807) is 48.5 Å². The highest BCUT2D eigenvalue weighted by Gasteiger charge is 2.40. The van der Waals surface area contributed by atoms with Crippen molar-refractivity contribution < 1.29 is 27.5 Å². The lowest BCUT2D eigenvalue weighted by atomic mass is 10.1. The highest BCUT2D eigenvalue weighted by atomic mass is 35.5. The third-order valence-corrected chi connectivity index (χ3v) is 8.59. The molecule has 1 unspecified atom stereocenters. The van der Waals surface area contributed by atoms with Crippen molar-refractivity contribution in [1.82, 2.24) is 0 Å². The lowest BCUT2D eigenvalue weighted by molar-refractivity contribution is -0.121. The zero-order chi connectivity index (χ0) is 26.0. The summed E-state index contributed by atoms with van der Waals surface area (Å²) in [6.45, 7) is 1.48. The molecular formula is C26H25ClN2O6S. The molecule has 3 aromatic rings. The van der Waals surface area contributed by atoms with Crippen LogP contribution in [0.3, 0.4) is 0 Å². The molecule has 0 saturated heterocycles. The van der Waals surface area contributed by atoms with Gasteiger partial charge < -0.3 is 19.7 Å². The number of para-hydroxylation sites is 1. The molecule has 0 fully saturated rings. The number of nitrogens with zero attached hydrogens (tertiary/aromatic N) is 1. The minimum absolute atomic E-state index is 0.0261. The average molecular weight is 529 g/mol. The summed E-state index contributed by atoms with van der Waals surface area (Å²) in [7, 11) is -1.07. The maximum Gasteiger partial charge on any atom is 0.244 e. The topological polar surface area (TPSA) is 102 Å². The summed E-state index contributed by atoms with van der Waals surface area (Å²) in [4.78, 5) is 27.5. The molecule has 0 aromatic heterocycles. The molecule has 2 amide bonds. The predicted molar refractivity (Wildman–Crippen MR) is 138 cm³/mol. The fourth-order valence-corrected chi connectivity index (χ4v) is 6.22. The molecule has 0 aliphatic carbocycles. The quantitative estimate of drug-likeness (QED) is 0.503. The molecule has 0 radical (unpaired) electrons. The number of fused-ring (bicyclic) bond motifs is 1. The first-order valence-corrected chi connectivity index (χ1v) is 13.0. The van der Waals surface area contributed by atoms with E-state index in [0.29, 0.717) is 27.8 Å². The number of sulfone groups is 1. The average Bonchev–Trinajstić information content (AvgIpc) is 2.94. The number of nitrogens with one attached hydrogen (secondary N) is 1. The first kappa shape index (κ1) is 25.5. The molecule has 1 heterocycles. The van der Waals surface area contributed by atoms with E-state index in [-0.39, 0.29) is 23.5 Å². The molecule has 0 spiro atoms. The fourth-order valence-electron chi connectivity index (χ4n) is 4.13. The largest absolute Gasteiger partial charge is 0.493 e. The Morgan fingerprint density at radius 3 is 2.47 bits per heavy atom. The normalized spacial score (nSPS) is 16.6. The van der Waals surface area contributed by atoms with E-state index < -0.39 is 26.9 Å². The molecule has 3 aromatic carbocycles. The van der Waals surface area contributed by atoms with Gasteiger partial charge in [-0.1, -0.05) is 35.9 Å². The van der Waals surface area contributed by atoms with Crippen molar-refractivity contribution in [3.63, 3.8) is 0 Å². The van der Waals surface area contributed by atoms with Crippen molar-refractivity contribution in [2.45, 2.75) is 23.5 Å². The van der Waals surface area contributed by atoms with Gasteiger partial charge in [-0.25, -0.2) is 8.42 Å². The molecule has 1 N–H and O–H groups in total. The van der Waals surface area contributed by atoms with Crippen LogP contribution in [0.2, 0.25) is 5.02 Å². The van der Waals surface area contributed by atoms with Gasteiger partial charge in [0.1, 0.15) is 6.54 Å². The molecule has 36 heavy (non-hydrogen) atoms. The molecule has 188 valence electrons.